The first kappa shape index (κ1) is 31.6. The number of carbonyl (C=O) groups is 2. The van der Waals surface area contributed by atoms with Crippen LogP contribution in [0.4, 0.5) is 0 Å². The number of hydrogen-bond acceptors (Lipinski definition) is 6. The number of rotatable bonds is 8. The van der Waals surface area contributed by atoms with Crippen molar-refractivity contribution in [3.05, 3.63) is 78.4 Å². The minimum Gasteiger partial charge on any atom is -0.348 e. The summed E-state index contributed by atoms with van der Waals surface area (Å²) in [5.74, 6) is -0.172. The third-order valence-corrected chi connectivity index (χ3v) is 11.9. The van der Waals surface area contributed by atoms with Crippen molar-refractivity contribution in [3.8, 4) is 11.3 Å². The molecule has 3 fully saturated rings. The summed E-state index contributed by atoms with van der Waals surface area (Å²) in [5.41, 5.74) is 4.18. The Labute approximate surface area is 278 Å². The van der Waals surface area contributed by atoms with E-state index in [0.717, 1.165) is 86.0 Å². The number of fused-ring (bicyclic) bond motifs is 3. The van der Waals surface area contributed by atoms with E-state index in [9.17, 15) is 19.2 Å². The van der Waals surface area contributed by atoms with Crippen molar-refractivity contribution >= 4 is 33.4 Å². The van der Waals surface area contributed by atoms with Crippen molar-refractivity contribution in [1.82, 2.24) is 30.1 Å². The number of hydrogen-bond donors (Lipinski definition) is 4. The van der Waals surface area contributed by atoms with Crippen molar-refractivity contribution in [2.24, 2.45) is 0 Å². The predicted octanol–water partition coefficient (Wildman–Crippen LogP) is 4.76. The second kappa shape index (κ2) is 12.2. The molecule has 4 N–H and O–H groups in total. The lowest BCUT2D eigenvalue weighted by Crippen LogP contribution is -2.45. The van der Waals surface area contributed by atoms with Gasteiger partial charge in [0.2, 0.25) is 5.91 Å². The van der Waals surface area contributed by atoms with Gasteiger partial charge in [0.1, 0.15) is 10.5 Å². The number of likely N-dealkylation sites (tertiary alicyclic amines) is 1. The van der Waals surface area contributed by atoms with Gasteiger partial charge in [-0.15, -0.1) is 11.3 Å². The molecule has 0 radical (unpaired) electrons. The van der Waals surface area contributed by atoms with E-state index in [2.05, 4.69) is 82.0 Å². The Morgan fingerprint density at radius 2 is 1.55 bits per heavy atom. The number of nitrogens with one attached hydrogen (secondary N) is 4. The standard InChI is InChI=1S/C36H44N6O4S/c1-20-15-21(2)17-22(16-20)31-26(11-14-41-12-9-23(10-13-41)37-32(44)28-19-30(43)39-35(46)38-28)27-18-29(47-33(27)40-31)36(3,4)34(45)42-24-5-6-25(42)8-7-24/h15-19,23-25,40H,5-14H2,1-4H3,(H,37,44)(H2,38,39,43,46). The van der Waals surface area contributed by atoms with Crippen LogP contribution < -0.4 is 16.6 Å². The minimum absolute atomic E-state index is 0.0237. The van der Waals surface area contributed by atoms with Gasteiger partial charge in [0.15, 0.2) is 0 Å². The van der Waals surface area contributed by atoms with Crippen LogP contribution in [0, 0.1) is 13.8 Å². The van der Waals surface area contributed by atoms with Crippen molar-refractivity contribution in [2.45, 2.75) is 96.2 Å². The molecule has 0 spiro atoms. The Morgan fingerprint density at radius 1 is 0.894 bits per heavy atom. The maximum Gasteiger partial charge on any atom is 0.326 e. The smallest absolute Gasteiger partial charge is 0.326 e. The summed E-state index contributed by atoms with van der Waals surface area (Å²) >= 11 is 1.72. The van der Waals surface area contributed by atoms with Crippen LogP contribution in [-0.2, 0) is 16.6 Å². The predicted molar refractivity (Wildman–Crippen MR) is 185 cm³/mol. The number of thiophene rings is 1. The van der Waals surface area contributed by atoms with Crippen LogP contribution in [0.1, 0.15) is 84.4 Å². The number of aromatic amines is 3. The summed E-state index contributed by atoms with van der Waals surface area (Å²) in [6, 6.07) is 10.9. The van der Waals surface area contributed by atoms with Crippen molar-refractivity contribution in [3.63, 3.8) is 0 Å². The first-order valence-corrected chi connectivity index (χ1v) is 17.7. The molecule has 47 heavy (non-hydrogen) atoms. The summed E-state index contributed by atoms with van der Waals surface area (Å²) in [6.45, 7) is 11.0. The van der Waals surface area contributed by atoms with Gasteiger partial charge >= 0.3 is 5.69 Å². The first-order valence-electron chi connectivity index (χ1n) is 16.9. The number of nitrogens with zero attached hydrogens (tertiary/aromatic N) is 2. The average Bonchev–Trinajstić information content (AvgIpc) is 3.80. The molecular weight excluding hydrogens is 613 g/mol. The molecule has 3 aliphatic rings. The molecule has 10 nitrogen and oxygen atoms in total. The summed E-state index contributed by atoms with van der Waals surface area (Å²) in [7, 11) is 0. The zero-order valence-electron chi connectivity index (χ0n) is 27.6. The number of H-pyrrole nitrogens is 3. The third kappa shape index (κ3) is 6.11. The Hall–Kier alpha value is -3.96. The maximum absolute atomic E-state index is 14.0. The van der Waals surface area contributed by atoms with Crippen LogP contribution in [0.2, 0.25) is 0 Å². The SMILES string of the molecule is Cc1cc(C)cc(-c2[nH]c3sc(C(C)(C)C(=O)N4C5CCC4CC5)cc3c2CCN2CCC(NC(=O)c3cc(=O)[nH]c(=O)[nH]3)CC2)c1. The van der Waals surface area contributed by atoms with Crippen LogP contribution in [-0.4, -0.2) is 74.3 Å². The number of benzene rings is 1. The number of carbonyl (C=O) groups excluding carboxylic acids is 2. The fourth-order valence-corrected chi connectivity index (χ4v) is 9.25. The van der Waals surface area contributed by atoms with Gasteiger partial charge in [0, 0.05) is 54.1 Å². The number of amides is 2. The van der Waals surface area contributed by atoms with Gasteiger partial charge < -0.3 is 25.1 Å². The van der Waals surface area contributed by atoms with E-state index in [-0.39, 0.29) is 17.6 Å². The van der Waals surface area contributed by atoms with Gasteiger partial charge in [-0.2, -0.15) is 0 Å². The minimum atomic E-state index is -0.692. The highest BCUT2D eigenvalue weighted by atomic mass is 32.1. The lowest BCUT2D eigenvalue weighted by atomic mass is 9.88. The molecular formula is C36H44N6O4S. The molecule has 1 aromatic carbocycles. The topological polar surface area (TPSA) is 134 Å². The first-order chi connectivity index (χ1) is 22.5. The third-order valence-electron chi connectivity index (χ3n) is 10.6. The Balaban J connectivity index is 1.09. The molecule has 3 aromatic heterocycles. The molecule has 3 aliphatic heterocycles. The monoisotopic (exact) mass is 656 g/mol. The molecule has 0 atom stereocenters. The molecule has 2 amide bonds. The maximum atomic E-state index is 14.0. The van der Waals surface area contributed by atoms with E-state index in [1.807, 2.05) is 0 Å². The Kier molecular flexibility index (Phi) is 8.24. The van der Waals surface area contributed by atoms with Crippen LogP contribution in [0.15, 0.2) is 39.9 Å². The lowest BCUT2D eigenvalue weighted by Gasteiger charge is -2.32. The molecule has 0 aliphatic carbocycles. The normalized spacial score (nSPS) is 20.4. The molecule has 6 heterocycles. The van der Waals surface area contributed by atoms with E-state index in [1.54, 1.807) is 11.3 Å². The summed E-state index contributed by atoms with van der Waals surface area (Å²) in [4.78, 5) is 65.0. The van der Waals surface area contributed by atoms with Crippen molar-refractivity contribution in [2.75, 3.05) is 19.6 Å². The van der Waals surface area contributed by atoms with E-state index in [1.165, 1.54) is 27.6 Å². The van der Waals surface area contributed by atoms with Gasteiger partial charge in [0.05, 0.1) is 11.1 Å². The van der Waals surface area contributed by atoms with Crippen molar-refractivity contribution < 1.29 is 9.59 Å². The zero-order chi connectivity index (χ0) is 33.0. The van der Waals surface area contributed by atoms with E-state index < -0.39 is 22.6 Å². The fraction of sp³-hybridized carbons (Fsp3) is 0.500. The van der Waals surface area contributed by atoms with Gasteiger partial charge in [-0.1, -0.05) is 17.2 Å². The zero-order valence-corrected chi connectivity index (χ0v) is 28.4. The highest BCUT2D eigenvalue weighted by molar-refractivity contribution is 7.19. The molecule has 248 valence electrons. The molecule has 3 saturated heterocycles. The van der Waals surface area contributed by atoms with Gasteiger partial charge in [0.25, 0.3) is 11.5 Å². The summed E-state index contributed by atoms with van der Waals surface area (Å²) in [5, 5.41) is 4.18. The van der Waals surface area contributed by atoms with Gasteiger partial charge in [-0.05, 0) is 102 Å². The summed E-state index contributed by atoms with van der Waals surface area (Å²) < 4.78 is 0. The molecule has 0 saturated carbocycles. The second-order valence-electron chi connectivity index (χ2n) is 14.3. The lowest BCUT2D eigenvalue weighted by molar-refractivity contribution is -0.137. The Morgan fingerprint density at radius 3 is 2.19 bits per heavy atom. The largest absolute Gasteiger partial charge is 0.348 e. The van der Waals surface area contributed by atoms with E-state index in [4.69, 9.17) is 0 Å². The molecule has 2 bridgehead atoms. The average molecular weight is 657 g/mol. The fourth-order valence-electron chi connectivity index (χ4n) is 8.06. The number of aromatic nitrogens is 3. The van der Waals surface area contributed by atoms with Gasteiger partial charge in [-0.25, -0.2) is 4.79 Å². The molecule has 0 unspecified atom stereocenters. The molecule has 11 heteroatoms. The van der Waals surface area contributed by atoms with E-state index >= 15 is 0 Å². The molecule has 4 aromatic rings. The van der Waals surface area contributed by atoms with Gasteiger partial charge in [-0.3, -0.25) is 19.4 Å². The quantitative estimate of drug-likeness (QED) is 0.217. The Bertz CT molecular complexity index is 1890. The highest BCUT2D eigenvalue weighted by Crippen LogP contribution is 2.44. The second-order valence-corrected chi connectivity index (χ2v) is 15.4. The number of piperidine rings is 1. The molecule has 7 rings (SSSR count). The van der Waals surface area contributed by atoms with Crippen LogP contribution in [0.5, 0.6) is 0 Å². The van der Waals surface area contributed by atoms with Crippen molar-refractivity contribution in [1.29, 1.82) is 0 Å². The van der Waals surface area contributed by atoms with Crippen LogP contribution >= 0.6 is 11.3 Å². The summed E-state index contributed by atoms with van der Waals surface area (Å²) in [6.07, 6.45) is 6.97. The van der Waals surface area contributed by atoms with Crippen LogP contribution in [0.25, 0.3) is 21.5 Å². The number of aryl methyl sites for hydroxylation is 2. The van der Waals surface area contributed by atoms with Crippen LogP contribution in [0.3, 0.4) is 0 Å². The van der Waals surface area contributed by atoms with E-state index in [0.29, 0.717) is 12.1 Å². The highest BCUT2D eigenvalue weighted by Gasteiger charge is 2.47.